The van der Waals surface area contributed by atoms with Crippen LogP contribution in [0.4, 0.5) is 0 Å². The average molecular weight is 321 g/mol. The summed E-state index contributed by atoms with van der Waals surface area (Å²) in [6, 6.07) is 6.70. The van der Waals surface area contributed by atoms with Gasteiger partial charge in [-0.05, 0) is 38.8 Å². The number of carbonyl (C=O) groups excluding carboxylic acids is 2. The fourth-order valence-corrected chi connectivity index (χ4v) is 1.98. The summed E-state index contributed by atoms with van der Waals surface area (Å²) in [6.45, 7) is 3.60. The maximum atomic E-state index is 11.9. The molecule has 0 spiro atoms. The number of carboxylic acid groups (broad SMARTS) is 1. The molecule has 0 aromatic heterocycles. The first-order valence-corrected chi connectivity index (χ1v) is 7.67. The molecular weight excluding hydrogens is 298 g/mol. The van der Waals surface area contributed by atoms with Crippen molar-refractivity contribution in [3.8, 4) is 5.75 Å². The van der Waals surface area contributed by atoms with Gasteiger partial charge in [0.2, 0.25) is 0 Å². The van der Waals surface area contributed by atoms with E-state index in [4.69, 9.17) is 9.84 Å². The molecule has 0 aliphatic rings. The van der Waals surface area contributed by atoms with Gasteiger partial charge in [-0.15, -0.1) is 0 Å². The fraction of sp³-hybridized carbons (Fsp3) is 0.471. The fourth-order valence-electron chi connectivity index (χ4n) is 1.98. The zero-order chi connectivity index (χ0) is 17.2. The van der Waals surface area contributed by atoms with E-state index in [0.717, 1.165) is 12.8 Å². The number of ether oxygens (including phenoxy) is 1. The Bertz CT molecular complexity index is 556. The predicted octanol–water partition coefficient (Wildman–Crippen LogP) is 2.42. The Morgan fingerprint density at radius 1 is 1.22 bits per heavy atom. The molecular formula is C17H23NO5. The van der Waals surface area contributed by atoms with Crippen molar-refractivity contribution in [2.75, 3.05) is 6.54 Å². The Kier molecular flexibility index (Phi) is 7.80. The quantitative estimate of drug-likeness (QED) is 0.510. The number of carbonyl (C=O) groups is 3. The summed E-state index contributed by atoms with van der Waals surface area (Å²) >= 11 is 0. The second-order valence-corrected chi connectivity index (χ2v) is 5.34. The number of carboxylic acids is 1. The summed E-state index contributed by atoms with van der Waals surface area (Å²) in [5.41, 5.74) is 0.536. The van der Waals surface area contributed by atoms with Crippen molar-refractivity contribution >= 4 is 17.7 Å². The van der Waals surface area contributed by atoms with Gasteiger partial charge in [0.15, 0.2) is 11.9 Å². The monoisotopic (exact) mass is 321 g/mol. The van der Waals surface area contributed by atoms with Crippen LogP contribution in [0.25, 0.3) is 0 Å². The van der Waals surface area contributed by atoms with Gasteiger partial charge in [0.25, 0.3) is 5.91 Å². The number of ketones is 1. The first-order chi connectivity index (χ1) is 10.9. The number of aliphatic carboxylic acids is 1. The minimum atomic E-state index is -0.802. The molecule has 0 saturated carbocycles. The lowest BCUT2D eigenvalue weighted by atomic mass is 10.1. The second kappa shape index (κ2) is 9.61. The molecule has 23 heavy (non-hydrogen) atoms. The number of Topliss-reactive ketones (excluding diaryl/α,β-unsaturated/α-hetero) is 1. The summed E-state index contributed by atoms with van der Waals surface area (Å²) in [5, 5.41) is 11.3. The van der Waals surface area contributed by atoms with E-state index in [0.29, 0.717) is 24.3 Å². The number of nitrogens with one attached hydrogen (secondary N) is 1. The van der Waals surface area contributed by atoms with Crippen LogP contribution in [-0.2, 0) is 9.59 Å². The first-order valence-electron chi connectivity index (χ1n) is 7.67. The molecule has 126 valence electrons. The van der Waals surface area contributed by atoms with Gasteiger partial charge in [0.05, 0.1) is 0 Å². The molecule has 1 unspecified atom stereocenters. The van der Waals surface area contributed by atoms with Gasteiger partial charge < -0.3 is 15.2 Å². The molecule has 1 aromatic carbocycles. The Hall–Kier alpha value is -2.37. The van der Waals surface area contributed by atoms with E-state index in [1.807, 2.05) is 0 Å². The average Bonchev–Trinajstić information content (AvgIpc) is 2.50. The maximum absolute atomic E-state index is 11.9. The minimum absolute atomic E-state index is 0.0612. The van der Waals surface area contributed by atoms with Gasteiger partial charge in [-0.2, -0.15) is 0 Å². The number of hydrogen-bond donors (Lipinski definition) is 2. The standard InChI is InChI=1S/C17H23NO5/c1-12(19)14-7-6-8-15(11-14)23-13(2)17(22)18-10-5-3-4-9-16(20)21/h6-8,11,13H,3-5,9-10H2,1-2H3,(H,18,22)(H,20,21). The molecule has 0 bridgehead atoms. The van der Waals surface area contributed by atoms with Gasteiger partial charge in [-0.3, -0.25) is 14.4 Å². The number of rotatable bonds is 10. The van der Waals surface area contributed by atoms with Crippen molar-refractivity contribution < 1.29 is 24.2 Å². The van der Waals surface area contributed by atoms with Crippen LogP contribution in [0.3, 0.4) is 0 Å². The Morgan fingerprint density at radius 3 is 2.61 bits per heavy atom. The van der Waals surface area contributed by atoms with Gasteiger partial charge in [0, 0.05) is 18.5 Å². The zero-order valence-corrected chi connectivity index (χ0v) is 13.5. The molecule has 0 aliphatic carbocycles. The van der Waals surface area contributed by atoms with Gasteiger partial charge in [-0.1, -0.05) is 18.6 Å². The largest absolute Gasteiger partial charge is 0.481 e. The minimum Gasteiger partial charge on any atom is -0.481 e. The normalized spacial score (nSPS) is 11.6. The summed E-state index contributed by atoms with van der Waals surface area (Å²) in [4.78, 5) is 33.6. The van der Waals surface area contributed by atoms with Gasteiger partial charge in [0.1, 0.15) is 5.75 Å². The van der Waals surface area contributed by atoms with Crippen LogP contribution in [0.5, 0.6) is 5.75 Å². The van der Waals surface area contributed by atoms with E-state index in [1.165, 1.54) is 6.92 Å². The lowest BCUT2D eigenvalue weighted by molar-refractivity contribution is -0.137. The SMILES string of the molecule is CC(=O)c1cccc(OC(C)C(=O)NCCCCCC(=O)O)c1. The van der Waals surface area contributed by atoms with Crippen LogP contribution >= 0.6 is 0 Å². The molecule has 1 aromatic rings. The smallest absolute Gasteiger partial charge is 0.303 e. The molecule has 6 heteroatoms. The highest BCUT2D eigenvalue weighted by Crippen LogP contribution is 2.15. The number of benzene rings is 1. The molecule has 1 amide bonds. The van der Waals surface area contributed by atoms with Crippen molar-refractivity contribution in [3.63, 3.8) is 0 Å². The lowest BCUT2D eigenvalue weighted by Gasteiger charge is -2.15. The molecule has 1 atom stereocenters. The van der Waals surface area contributed by atoms with E-state index in [9.17, 15) is 14.4 Å². The van der Waals surface area contributed by atoms with Crippen LogP contribution in [0, 0.1) is 0 Å². The molecule has 0 aliphatic heterocycles. The van der Waals surface area contributed by atoms with Crippen LogP contribution < -0.4 is 10.1 Å². The second-order valence-electron chi connectivity index (χ2n) is 5.34. The zero-order valence-electron chi connectivity index (χ0n) is 13.5. The third-order valence-corrected chi connectivity index (χ3v) is 3.29. The lowest BCUT2D eigenvalue weighted by Crippen LogP contribution is -2.36. The molecule has 6 nitrogen and oxygen atoms in total. The molecule has 0 saturated heterocycles. The van der Waals surface area contributed by atoms with Gasteiger partial charge in [-0.25, -0.2) is 0 Å². The highest BCUT2D eigenvalue weighted by molar-refractivity contribution is 5.94. The molecule has 2 N–H and O–H groups in total. The van der Waals surface area contributed by atoms with Crippen LogP contribution in [0.15, 0.2) is 24.3 Å². The topological polar surface area (TPSA) is 92.7 Å². The highest BCUT2D eigenvalue weighted by Gasteiger charge is 2.14. The van der Waals surface area contributed by atoms with Crippen molar-refractivity contribution in [2.45, 2.75) is 45.6 Å². The van der Waals surface area contributed by atoms with Crippen molar-refractivity contribution in [1.82, 2.24) is 5.32 Å². The molecule has 1 rings (SSSR count). The van der Waals surface area contributed by atoms with Crippen molar-refractivity contribution in [2.24, 2.45) is 0 Å². The number of amides is 1. The summed E-state index contributed by atoms with van der Waals surface area (Å²) in [6.07, 6.45) is 1.57. The molecule has 0 heterocycles. The van der Waals surface area contributed by atoms with E-state index in [2.05, 4.69) is 5.32 Å². The van der Waals surface area contributed by atoms with Crippen molar-refractivity contribution in [3.05, 3.63) is 29.8 Å². The maximum Gasteiger partial charge on any atom is 0.303 e. The van der Waals surface area contributed by atoms with E-state index in [1.54, 1.807) is 31.2 Å². The van der Waals surface area contributed by atoms with E-state index in [-0.39, 0.29) is 18.1 Å². The first kappa shape index (κ1) is 18.7. The highest BCUT2D eigenvalue weighted by atomic mass is 16.5. The summed E-state index contributed by atoms with van der Waals surface area (Å²) in [5.74, 6) is -0.629. The number of unbranched alkanes of at least 4 members (excludes halogenated alkanes) is 2. The van der Waals surface area contributed by atoms with Gasteiger partial charge >= 0.3 is 5.97 Å². The Labute approximate surface area is 135 Å². The Morgan fingerprint density at radius 2 is 1.96 bits per heavy atom. The van der Waals surface area contributed by atoms with Crippen LogP contribution in [0.1, 0.15) is 49.9 Å². The summed E-state index contributed by atoms with van der Waals surface area (Å²) in [7, 11) is 0. The number of hydrogen-bond acceptors (Lipinski definition) is 4. The predicted molar refractivity (Wildman–Crippen MR) is 85.7 cm³/mol. The molecule has 0 radical (unpaired) electrons. The third kappa shape index (κ3) is 7.44. The van der Waals surface area contributed by atoms with Crippen molar-refractivity contribution in [1.29, 1.82) is 0 Å². The van der Waals surface area contributed by atoms with Crippen LogP contribution in [-0.4, -0.2) is 35.4 Å². The Balaban J connectivity index is 2.32. The summed E-state index contributed by atoms with van der Waals surface area (Å²) < 4.78 is 5.53. The molecule has 0 fully saturated rings. The van der Waals surface area contributed by atoms with Crippen LogP contribution in [0.2, 0.25) is 0 Å². The van der Waals surface area contributed by atoms with E-state index < -0.39 is 12.1 Å². The third-order valence-electron chi connectivity index (χ3n) is 3.29. The van der Waals surface area contributed by atoms with E-state index >= 15 is 0 Å².